The van der Waals surface area contributed by atoms with Crippen LogP contribution in [0.15, 0.2) is 18.2 Å². The Bertz CT molecular complexity index is 282. The van der Waals surface area contributed by atoms with E-state index in [4.69, 9.17) is 5.11 Å². The minimum atomic E-state index is -0.411. The monoisotopic (exact) mass is 164 g/mol. The topological polar surface area (TPSA) is 37.3 Å². The van der Waals surface area contributed by atoms with Gasteiger partial charge in [-0.1, -0.05) is 18.2 Å². The summed E-state index contributed by atoms with van der Waals surface area (Å²) in [6.07, 6.45) is 0. The molecule has 0 aliphatic carbocycles. The molecule has 1 aromatic rings. The van der Waals surface area contributed by atoms with Gasteiger partial charge in [-0.05, 0) is 25.0 Å². The average molecular weight is 164 g/mol. The number of carbonyl (C=O) groups is 1. The first-order chi connectivity index (χ1) is 5.66. The first kappa shape index (κ1) is 8.94. The van der Waals surface area contributed by atoms with Crippen LogP contribution in [0.5, 0.6) is 0 Å². The fourth-order valence-corrected chi connectivity index (χ4v) is 1.33. The summed E-state index contributed by atoms with van der Waals surface area (Å²) < 4.78 is 0. The van der Waals surface area contributed by atoms with E-state index in [0.717, 1.165) is 11.1 Å². The molecule has 0 bridgehead atoms. The molecule has 0 saturated heterocycles. The van der Waals surface area contributed by atoms with Crippen molar-refractivity contribution >= 4 is 5.78 Å². The highest BCUT2D eigenvalue weighted by Crippen LogP contribution is 2.13. The van der Waals surface area contributed by atoms with E-state index in [2.05, 4.69) is 0 Å². The third-order valence-electron chi connectivity index (χ3n) is 1.90. The molecule has 0 aromatic heterocycles. The molecule has 0 heterocycles. The van der Waals surface area contributed by atoms with Crippen LogP contribution in [0.4, 0.5) is 0 Å². The van der Waals surface area contributed by atoms with E-state index in [1.807, 2.05) is 32.0 Å². The van der Waals surface area contributed by atoms with Crippen LogP contribution >= 0.6 is 0 Å². The quantitative estimate of drug-likeness (QED) is 0.672. The molecule has 2 nitrogen and oxygen atoms in total. The molecule has 0 unspecified atom stereocenters. The van der Waals surface area contributed by atoms with Crippen molar-refractivity contribution in [3.8, 4) is 0 Å². The van der Waals surface area contributed by atoms with Crippen LogP contribution in [0.3, 0.4) is 0 Å². The van der Waals surface area contributed by atoms with E-state index in [0.29, 0.717) is 5.56 Å². The minimum absolute atomic E-state index is 0.203. The lowest BCUT2D eigenvalue weighted by atomic mass is 10.00. The van der Waals surface area contributed by atoms with Gasteiger partial charge in [-0.25, -0.2) is 0 Å². The van der Waals surface area contributed by atoms with Gasteiger partial charge in [-0.15, -0.1) is 0 Å². The second kappa shape index (κ2) is 3.50. The molecule has 0 amide bonds. The molecule has 0 radical (unpaired) electrons. The fraction of sp³-hybridized carbons (Fsp3) is 0.300. The van der Waals surface area contributed by atoms with Crippen LogP contribution < -0.4 is 0 Å². The predicted octanol–water partition coefficient (Wildman–Crippen LogP) is 1.48. The van der Waals surface area contributed by atoms with Crippen molar-refractivity contribution in [1.82, 2.24) is 0 Å². The third-order valence-corrected chi connectivity index (χ3v) is 1.90. The standard InChI is InChI=1S/C10H12O2/c1-7-4-3-5-8(2)10(7)9(12)6-11/h3-5,11H,6H2,1-2H3. The molecule has 0 aliphatic rings. The van der Waals surface area contributed by atoms with Crippen molar-refractivity contribution < 1.29 is 9.90 Å². The van der Waals surface area contributed by atoms with Gasteiger partial charge in [0, 0.05) is 5.56 Å². The molecule has 1 aromatic carbocycles. The number of hydrogen-bond acceptors (Lipinski definition) is 2. The lowest BCUT2D eigenvalue weighted by Crippen LogP contribution is -2.08. The van der Waals surface area contributed by atoms with Crippen molar-refractivity contribution in [2.45, 2.75) is 13.8 Å². The van der Waals surface area contributed by atoms with Crippen LogP contribution in [-0.2, 0) is 0 Å². The van der Waals surface area contributed by atoms with Crippen molar-refractivity contribution in [2.24, 2.45) is 0 Å². The molecule has 64 valence electrons. The molecule has 0 saturated carbocycles. The number of ketones is 1. The SMILES string of the molecule is Cc1cccc(C)c1C(=O)CO. The van der Waals surface area contributed by atoms with Gasteiger partial charge < -0.3 is 5.11 Å². The number of benzene rings is 1. The lowest BCUT2D eigenvalue weighted by molar-refractivity contribution is 0.0902. The molecular weight excluding hydrogens is 152 g/mol. The van der Waals surface area contributed by atoms with Gasteiger partial charge in [0.2, 0.25) is 0 Å². The maximum absolute atomic E-state index is 11.2. The zero-order chi connectivity index (χ0) is 9.14. The smallest absolute Gasteiger partial charge is 0.188 e. The minimum Gasteiger partial charge on any atom is -0.388 e. The molecule has 0 atom stereocenters. The van der Waals surface area contributed by atoms with Crippen molar-refractivity contribution in [3.63, 3.8) is 0 Å². The summed E-state index contributed by atoms with van der Waals surface area (Å²) >= 11 is 0. The summed E-state index contributed by atoms with van der Waals surface area (Å²) in [6.45, 7) is 3.33. The normalized spacial score (nSPS) is 9.92. The van der Waals surface area contributed by atoms with Gasteiger partial charge in [-0.3, -0.25) is 4.79 Å². The Morgan fingerprint density at radius 1 is 1.33 bits per heavy atom. The first-order valence-corrected chi connectivity index (χ1v) is 3.87. The Morgan fingerprint density at radius 3 is 2.25 bits per heavy atom. The summed E-state index contributed by atoms with van der Waals surface area (Å²) in [5, 5.41) is 8.69. The van der Waals surface area contributed by atoms with Gasteiger partial charge in [0.1, 0.15) is 6.61 Å². The van der Waals surface area contributed by atoms with E-state index in [9.17, 15) is 4.79 Å². The summed E-state index contributed by atoms with van der Waals surface area (Å²) in [6, 6.07) is 5.64. The third kappa shape index (κ3) is 1.53. The van der Waals surface area contributed by atoms with Crippen molar-refractivity contribution in [2.75, 3.05) is 6.61 Å². The van der Waals surface area contributed by atoms with Gasteiger partial charge in [-0.2, -0.15) is 0 Å². The highest BCUT2D eigenvalue weighted by atomic mass is 16.3. The Kier molecular flexibility index (Phi) is 2.61. The fourth-order valence-electron chi connectivity index (χ4n) is 1.33. The van der Waals surface area contributed by atoms with Crippen molar-refractivity contribution in [3.05, 3.63) is 34.9 Å². The van der Waals surface area contributed by atoms with Crippen LogP contribution in [0, 0.1) is 13.8 Å². The first-order valence-electron chi connectivity index (χ1n) is 3.87. The van der Waals surface area contributed by atoms with Gasteiger partial charge in [0.25, 0.3) is 0 Å². The van der Waals surface area contributed by atoms with Crippen LogP contribution in [0.1, 0.15) is 21.5 Å². The lowest BCUT2D eigenvalue weighted by Gasteiger charge is -2.05. The van der Waals surface area contributed by atoms with Gasteiger partial charge in [0.15, 0.2) is 5.78 Å². The maximum Gasteiger partial charge on any atom is 0.188 e. The molecule has 12 heavy (non-hydrogen) atoms. The van der Waals surface area contributed by atoms with Crippen molar-refractivity contribution in [1.29, 1.82) is 0 Å². The molecule has 1 rings (SSSR count). The second-order valence-corrected chi connectivity index (χ2v) is 2.85. The van der Waals surface area contributed by atoms with Crippen LogP contribution in [-0.4, -0.2) is 17.5 Å². The van der Waals surface area contributed by atoms with E-state index >= 15 is 0 Å². The maximum atomic E-state index is 11.2. The van der Waals surface area contributed by atoms with E-state index < -0.39 is 6.61 Å². The van der Waals surface area contributed by atoms with E-state index in [-0.39, 0.29) is 5.78 Å². The van der Waals surface area contributed by atoms with Gasteiger partial charge >= 0.3 is 0 Å². The summed E-state index contributed by atoms with van der Waals surface area (Å²) in [7, 11) is 0. The molecule has 0 spiro atoms. The van der Waals surface area contributed by atoms with Gasteiger partial charge in [0.05, 0.1) is 0 Å². The highest BCUT2D eigenvalue weighted by molar-refractivity contribution is 5.99. The molecular formula is C10H12O2. The predicted molar refractivity (Wildman–Crippen MR) is 47.3 cm³/mol. The summed E-state index contributed by atoms with van der Waals surface area (Å²) in [5.41, 5.74) is 2.50. The molecule has 0 aliphatic heterocycles. The number of aliphatic hydroxyl groups excluding tert-OH is 1. The number of Topliss-reactive ketones (excluding diaryl/α,β-unsaturated/α-hetero) is 1. The Morgan fingerprint density at radius 2 is 1.83 bits per heavy atom. The number of aryl methyl sites for hydroxylation is 2. The zero-order valence-electron chi connectivity index (χ0n) is 7.29. The Balaban J connectivity index is 3.21. The molecule has 0 fully saturated rings. The highest BCUT2D eigenvalue weighted by Gasteiger charge is 2.09. The summed E-state index contributed by atoms with van der Waals surface area (Å²) in [5.74, 6) is -0.203. The number of carbonyl (C=O) groups excluding carboxylic acids is 1. The number of rotatable bonds is 2. The molecule has 2 heteroatoms. The van der Waals surface area contributed by atoms with E-state index in [1.165, 1.54) is 0 Å². The molecule has 1 N–H and O–H groups in total. The Labute approximate surface area is 71.8 Å². The average Bonchev–Trinajstić information content (AvgIpc) is 2.03. The Hall–Kier alpha value is -1.15. The second-order valence-electron chi connectivity index (χ2n) is 2.85. The number of hydrogen-bond donors (Lipinski definition) is 1. The summed E-state index contributed by atoms with van der Waals surface area (Å²) in [4.78, 5) is 11.2. The van der Waals surface area contributed by atoms with Crippen LogP contribution in [0.25, 0.3) is 0 Å². The largest absolute Gasteiger partial charge is 0.388 e. The van der Waals surface area contributed by atoms with Crippen LogP contribution in [0.2, 0.25) is 0 Å². The van der Waals surface area contributed by atoms with E-state index in [1.54, 1.807) is 0 Å². The number of aliphatic hydroxyl groups is 1. The zero-order valence-corrected chi connectivity index (χ0v) is 7.29.